The van der Waals surface area contributed by atoms with Crippen molar-refractivity contribution in [1.82, 2.24) is 10.2 Å². The largest absolute Gasteiger partial charge is 0.493 e. The molecule has 1 N–H and O–H groups in total. The maximum Gasteiger partial charge on any atom is 0.407 e. The summed E-state index contributed by atoms with van der Waals surface area (Å²) in [4.78, 5) is 15.0. The van der Waals surface area contributed by atoms with E-state index >= 15 is 0 Å². The fourth-order valence-corrected chi connectivity index (χ4v) is 4.59. The Kier molecular flexibility index (Phi) is 4.44. The second-order valence-corrected chi connectivity index (χ2v) is 9.03. The number of rotatable bonds is 2. The third-order valence-electron chi connectivity index (χ3n) is 5.78. The molecule has 0 radical (unpaired) electrons. The predicted octanol–water partition coefficient (Wildman–Crippen LogP) is 3.73. The van der Waals surface area contributed by atoms with Gasteiger partial charge in [0.25, 0.3) is 0 Å². The number of nitrogens with one attached hydrogen (secondary N) is 1. The molecule has 4 aliphatic heterocycles. The Hall–Kier alpha value is -1.27. The molecule has 5 nitrogen and oxygen atoms in total. The van der Waals surface area contributed by atoms with Crippen LogP contribution in [0.1, 0.15) is 38.3 Å². The molecule has 0 saturated carbocycles. The zero-order chi connectivity index (χ0) is 17.6. The summed E-state index contributed by atoms with van der Waals surface area (Å²) >= 11 is 3.48. The zero-order valence-electron chi connectivity index (χ0n) is 14.8. The lowest BCUT2D eigenvalue weighted by Gasteiger charge is -2.44. The lowest BCUT2D eigenvalue weighted by Crippen LogP contribution is -2.53. The van der Waals surface area contributed by atoms with Gasteiger partial charge in [-0.3, -0.25) is 4.90 Å². The van der Waals surface area contributed by atoms with Gasteiger partial charge in [0, 0.05) is 22.0 Å². The summed E-state index contributed by atoms with van der Waals surface area (Å²) in [5, 5.41) is 3.12. The molecule has 0 spiro atoms. The Morgan fingerprint density at radius 2 is 2.12 bits per heavy atom. The van der Waals surface area contributed by atoms with Crippen LogP contribution in [0.4, 0.5) is 4.79 Å². The lowest BCUT2D eigenvalue weighted by atomic mass is 9.79. The van der Waals surface area contributed by atoms with Crippen LogP contribution >= 0.6 is 15.9 Å². The van der Waals surface area contributed by atoms with Crippen LogP contribution in [-0.2, 0) is 4.74 Å². The Bertz CT molecular complexity index is 671. The van der Waals surface area contributed by atoms with Crippen LogP contribution in [0.2, 0.25) is 0 Å². The number of alkyl carbamates (subject to hydrolysis) is 1. The molecule has 1 amide bonds. The van der Waals surface area contributed by atoms with Crippen molar-refractivity contribution < 1.29 is 14.3 Å². The lowest BCUT2D eigenvalue weighted by molar-refractivity contribution is -0.0361. The summed E-state index contributed by atoms with van der Waals surface area (Å²) in [5.41, 5.74) is 0.805. The van der Waals surface area contributed by atoms with E-state index < -0.39 is 0 Å². The molecular weight excluding hydrogens is 384 g/mol. The quantitative estimate of drug-likeness (QED) is 0.809. The number of nitrogens with zero attached hydrogens (tertiary/aromatic N) is 1. The summed E-state index contributed by atoms with van der Waals surface area (Å²) in [6, 6.07) is 5.83. The summed E-state index contributed by atoms with van der Waals surface area (Å²) in [7, 11) is 0. The molecular formula is C19H25BrN2O3. The van der Waals surface area contributed by atoms with E-state index in [1.165, 1.54) is 0 Å². The molecule has 0 aromatic heterocycles. The number of carbonyl (C=O) groups excluding carboxylic acids is 1. The van der Waals surface area contributed by atoms with E-state index in [9.17, 15) is 4.79 Å². The number of carbonyl (C=O) groups is 1. The maximum atomic E-state index is 12.6. The third-order valence-corrected chi connectivity index (χ3v) is 6.28. The highest BCUT2D eigenvalue weighted by molar-refractivity contribution is 9.10. The fraction of sp³-hybridized carbons (Fsp3) is 0.632. The van der Waals surface area contributed by atoms with Crippen molar-refractivity contribution in [3.05, 3.63) is 28.2 Å². The maximum absolute atomic E-state index is 12.6. The van der Waals surface area contributed by atoms with Crippen molar-refractivity contribution >= 4 is 22.0 Å². The van der Waals surface area contributed by atoms with Gasteiger partial charge in [0.1, 0.15) is 11.9 Å². The van der Waals surface area contributed by atoms with Crippen LogP contribution in [0.15, 0.2) is 22.7 Å². The fourth-order valence-electron chi connectivity index (χ4n) is 4.25. The highest BCUT2D eigenvalue weighted by atomic mass is 79.9. The van der Waals surface area contributed by atoms with E-state index in [0.29, 0.717) is 12.5 Å². The molecule has 0 aliphatic carbocycles. The second-order valence-electron chi connectivity index (χ2n) is 8.12. The minimum atomic E-state index is -0.312. The minimum absolute atomic E-state index is 0.0230. The molecule has 1 aromatic rings. The number of halogens is 1. The van der Waals surface area contributed by atoms with Gasteiger partial charge in [0.15, 0.2) is 0 Å². The van der Waals surface area contributed by atoms with E-state index in [4.69, 9.17) is 9.47 Å². The molecule has 3 fully saturated rings. The van der Waals surface area contributed by atoms with Gasteiger partial charge in [-0.2, -0.15) is 0 Å². The molecule has 25 heavy (non-hydrogen) atoms. The number of benzene rings is 1. The van der Waals surface area contributed by atoms with Gasteiger partial charge >= 0.3 is 6.09 Å². The number of hydrogen-bond donors (Lipinski definition) is 1. The first-order valence-corrected chi connectivity index (χ1v) is 9.83. The summed E-state index contributed by atoms with van der Waals surface area (Å²) in [6.45, 7) is 7.93. The zero-order valence-corrected chi connectivity index (χ0v) is 16.3. The van der Waals surface area contributed by atoms with E-state index in [1.807, 2.05) is 18.2 Å². The molecule has 1 unspecified atom stereocenters. The molecule has 3 saturated heterocycles. The highest BCUT2D eigenvalue weighted by Gasteiger charge is 2.41. The van der Waals surface area contributed by atoms with Gasteiger partial charge in [-0.1, -0.05) is 35.8 Å². The van der Waals surface area contributed by atoms with Gasteiger partial charge in [0.2, 0.25) is 0 Å². The SMILES string of the molecule is CC1(C)COc2cc(Br)ccc2C1NC(=O)O[C@H]1CN2CCC1CC2. The molecule has 5 rings (SSSR count). The van der Waals surface area contributed by atoms with Crippen LogP contribution in [0, 0.1) is 11.3 Å². The topological polar surface area (TPSA) is 50.8 Å². The van der Waals surface area contributed by atoms with Crippen LogP contribution < -0.4 is 10.1 Å². The molecule has 136 valence electrons. The summed E-state index contributed by atoms with van der Waals surface area (Å²) < 4.78 is 12.7. The molecule has 2 bridgehead atoms. The number of fused-ring (bicyclic) bond motifs is 4. The van der Waals surface area contributed by atoms with E-state index in [2.05, 4.69) is 40.0 Å². The molecule has 6 heteroatoms. The minimum Gasteiger partial charge on any atom is -0.493 e. The van der Waals surface area contributed by atoms with Crippen molar-refractivity contribution in [3.8, 4) is 5.75 Å². The van der Waals surface area contributed by atoms with Crippen molar-refractivity contribution in [2.45, 2.75) is 38.8 Å². The average Bonchev–Trinajstić information content (AvgIpc) is 2.59. The van der Waals surface area contributed by atoms with Gasteiger partial charge in [-0.05, 0) is 44.0 Å². The molecule has 4 aliphatic rings. The smallest absolute Gasteiger partial charge is 0.407 e. The van der Waals surface area contributed by atoms with Crippen molar-refractivity contribution in [1.29, 1.82) is 0 Å². The first-order chi connectivity index (χ1) is 11.9. The standard InChI is InChI=1S/C19H25BrN2O3/c1-19(2)11-24-15-9-13(20)3-4-14(15)17(19)21-18(23)25-16-10-22-7-5-12(16)6-8-22/h3-4,9,12,16-17H,5-8,10-11H2,1-2H3,(H,21,23)/t16-,17?/m0/s1. The first kappa shape index (κ1) is 17.2. The van der Waals surface area contributed by atoms with Gasteiger partial charge in [-0.25, -0.2) is 4.79 Å². The van der Waals surface area contributed by atoms with Crippen LogP contribution in [-0.4, -0.2) is 43.3 Å². The number of hydrogen-bond acceptors (Lipinski definition) is 4. The van der Waals surface area contributed by atoms with Crippen molar-refractivity contribution in [3.63, 3.8) is 0 Å². The van der Waals surface area contributed by atoms with Gasteiger partial charge in [0.05, 0.1) is 12.6 Å². The average molecular weight is 409 g/mol. The van der Waals surface area contributed by atoms with Crippen molar-refractivity contribution in [2.75, 3.05) is 26.2 Å². The normalized spacial score (nSPS) is 32.4. The van der Waals surface area contributed by atoms with Gasteiger partial charge in [-0.15, -0.1) is 0 Å². The number of ether oxygens (including phenoxy) is 2. The second kappa shape index (κ2) is 6.47. The molecule has 4 heterocycles. The van der Waals surface area contributed by atoms with Crippen LogP contribution in [0.25, 0.3) is 0 Å². The number of amides is 1. The van der Waals surface area contributed by atoms with Gasteiger partial charge < -0.3 is 14.8 Å². The molecule has 2 atom stereocenters. The monoisotopic (exact) mass is 408 g/mol. The Morgan fingerprint density at radius 1 is 1.36 bits per heavy atom. The van der Waals surface area contributed by atoms with E-state index in [0.717, 1.165) is 48.3 Å². The summed E-state index contributed by atoms with van der Waals surface area (Å²) in [6.07, 6.45) is 1.98. The predicted molar refractivity (Wildman–Crippen MR) is 98.7 cm³/mol. The Morgan fingerprint density at radius 3 is 2.80 bits per heavy atom. The van der Waals surface area contributed by atoms with Crippen LogP contribution in [0.3, 0.4) is 0 Å². The third kappa shape index (κ3) is 3.38. The number of piperidine rings is 3. The Balaban J connectivity index is 1.48. The first-order valence-electron chi connectivity index (χ1n) is 9.04. The van der Waals surface area contributed by atoms with E-state index in [1.54, 1.807) is 0 Å². The van der Waals surface area contributed by atoms with E-state index in [-0.39, 0.29) is 23.7 Å². The highest BCUT2D eigenvalue weighted by Crippen LogP contribution is 2.43. The molecule has 1 aromatic carbocycles. The Labute approximate surface area is 157 Å². The van der Waals surface area contributed by atoms with Crippen LogP contribution in [0.5, 0.6) is 5.75 Å². The summed E-state index contributed by atoms with van der Waals surface area (Å²) in [5.74, 6) is 1.34. The van der Waals surface area contributed by atoms with Crippen molar-refractivity contribution in [2.24, 2.45) is 11.3 Å².